The average Bonchev–Trinajstić information content (AvgIpc) is 2.81. The monoisotopic (exact) mass is 239 g/mol. The highest BCUT2D eigenvalue weighted by Crippen LogP contribution is 2.30. The number of hydrogen-bond donors (Lipinski definition) is 1. The first-order valence-corrected chi connectivity index (χ1v) is 5.42. The maximum atomic E-state index is 10.8. The first kappa shape index (κ1) is 10.5. The van der Waals surface area contributed by atoms with E-state index in [-0.39, 0.29) is 5.75 Å². The lowest BCUT2D eigenvalue weighted by Gasteiger charge is -1.98. The van der Waals surface area contributed by atoms with Gasteiger partial charge in [0.25, 0.3) is 0 Å². The van der Waals surface area contributed by atoms with Crippen LogP contribution in [-0.2, 0) is 0 Å². The summed E-state index contributed by atoms with van der Waals surface area (Å²) in [5, 5.41) is 14.2. The highest BCUT2D eigenvalue weighted by molar-refractivity contribution is 5.95. The van der Waals surface area contributed by atoms with Crippen molar-refractivity contribution in [3.05, 3.63) is 48.0 Å². The van der Waals surface area contributed by atoms with Gasteiger partial charge in [-0.25, -0.2) is 0 Å². The molecule has 0 amide bonds. The van der Waals surface area contributed by atoms with Gasteiger partial charge in [0, 0.05) is 11.1 Å². The summed E-state index contributed by atoms with van der Waals surface area (Å²) >= 11 is 0. The molecule has 0 saturated heterocycles. The third-order valence-electron chi connectivity index (χ3n) is 2.75. The number of phenols is 1. The van der Waals surface area contributed by atoms with Crippen molar-refractivity contribution in [2.75, 3.05) is 0 Å². The zero-order valence-corrected chi connectivity index (χ0v) is 9.33. The Morgan fingerprint density at radius 2 is 2.06 bits per heavy atom. The van der Waals surface area contributed by atoms with E-state index >= 15 is 0 Å². The standard InChI is InChI=1S/C14H9NO3/c16-8-9-4-5-13-12(6-9)14(15-18-13)10-2-1-3-11(17)7-10/h1-8,17H. The van der Waals surface area contributed by atoms with E-state index in [9.17, 15) is 9.90 Å². The number of nitrogens with zero attached hydrogens (tertiary/aromatic N) is 1. The molecule has 0 aliphatic heterocycles. The maximum absolute atomic E-state index is 10.8. The van der Waals surface area contributed by atoms with Gasteiger partial charge in [-0.1, -0.05) is 17.3 Å². The van der Waals surface area contributed by atoms with Crippen LogP contribution in [0, 0.1) is 0 Å². The molecular weight excluding hydrogens is 230 g/mol. The van der Waals surface area contributed by atoms with E-state index in [4.69, 9.17) is 4.52 Å². The van der Waals surface area contributed by atoms with Gasteiger partial charge in [0.2, 0.25) is 0 Å². The van der Waals surface area contributed by atoms with Crippen molar-refractivity contribution < 1.29 is 14.4 Å². The van der Waals surface area contributed by atoms with E-state index in [0.29, 0.717) is 16.8 Å². The van der Waals surface area contributed by atoms with Gasteiger partial charge >= 0.3 is 0 Å². The van der Waals surface area contributed by atoms with Gasteiger partial charge in [0.1, 0.15) is 17.7 Å². The molecule has 3 aromatic rings. The number of aromatic nitrogens is 1. The Kier molecular flexibility index (Phi) is 2.34. The van der Waals surface area contributed by atoms with Crippen LogP contribution in [0.15, 0.2) is 47.0 Å². The lowest BCUT2D eigenvalue weighted by Crippen LogP contribution is -1.81. The van der Waals surface area contributed by atoms with Crippen LogP contribution in [0.1, 0.15) is 10.4 Å². The number of aldehydes is 1. The number of hydrogen-bond acceptors (Lipinski definition) is 4. The summed E-state index contributed by atoms with van der Waals surface area (Å²) in [6, 6.07) is 11.8. The summed E-state index contributed by atoms with van der Waals surface area (Å²) < 4.78 is 5.20. The Balaban J connectivity index is 2.26. The van der Waals surface area contributed by atoms with Crippen LogP contribution in [0.3, 0.4) is 0 Å². The molecule has 1 heterocycles. The van der Waals surface area contributed by atoms with Crippen LogP contribution in [0.2, 0.25) is 0 Å². The summed E-state index contributed by atoms with van der Waals surface area (Å²) in [5.74, 6) is 0.162. The van der Waals surface area contributed by atoms with Gasteiger partial charge in [0.15, 0.2) is 5.58 Å². The van der Waals surface area contributed by atoms with Crippen LogP contribution in [0.25, 0.3) is 22.2 Å². The number of carbonyl (C=O) groups is 1. The minimum atomic E-state index is 0.162. The summed E-state index contributed by atoms with van der Waals surface area (Å²) in [7, 11) is 0. The normalized spacial score (nSPS) is 10.7. The number of fused-ring (bicyclic) bond motifs is 1. The van der Waals surface area contributed by atoms with Crippen molar-refractivity contribution in [3.63, 3.8) is 0 Å². The van der Waals surface area contributed by atoms with Crippen molar-refractivity contribution in [1.29, 1.82) is 0 Å². The SMILES string of the molecule is O=Cc1ccc2onc(-c3cccc(O)c3)c2c1. The molecule has 0 bridgehead atoms. The summed E-state index contributed by atoms with van der Waals surface area (Å²) in [5.41, 5.74) is 2.53. The fraction of sp³-hybridized carbons (Fsp3) is 0. The Hall–Kier alpha value is -2.62. The van der Waals surface area contributed by atoms with Crippen LogP contribution in [0.5, 0.6) is 5.75 Å². The third-order valence-corrected chi connectivity index (χ3v) is 2.75. The molecule has 0 aliphatic rings. The predicted octanol–water partition coefficient (Wildman–Crippen LogP) is 3.01. The molecular formula is C14H9NO3. The number of rotatable bonds is 2. The van der Waals surface area contributed by atoms with E-state index in [1.807, 2.05) is 6.07 Å². The molecule has 0 radical (unpaired) electrons. The van der Waals surface area contributed by atoms with E-state index in [2.05, 4.69) is 5.16 Å². The highest BCUT2D eigenvalue weighted by atomic mass is 16.5. The second-order valence-corrected chi connectivity index (χ2v) is 3.95. The minimum Gasteiger partial charge on any atom is -0.508 e. The van der Waals surface area contributed by atoms with Gasteiger partial charge in [-0.3, -0.25) is 4.79 Å². The van der Waals surface area contributed by atoms with Gasteiger partial charge < -0.3 is 9.63 Å². The molecule has 0 atom stereocenters. The molecule has 1 N–H and O–H groups in total. The molecule has 3 rings (SSSR count). The molecule has 0 fully saturated rings. The molecule has 0 spiro atoms. The minimum absolute atomic E-state index is 0.162. The van der Waals surface area contributed by atoms with Crippen molar-refractivity contribution in [1.82, 2.24) is 5.16 Å². The van der Waals surface area contributed by atoms with E-state index in [0.717, 1.165) is 17.2 Å². The smallest absolute Gasteiger partial charge is 0.167 e. The molecule has 4 heteroatoms. The second kappa shape index (κ2) is 4.00. The molecule has 88 valence electrons. The Morgan fingerprint density at radius 1 is 1.17 bits per heavy atom. The summed E-state index contributed by atoms with van der Waals surface area (Å²) in [6.45, 7) is 0. The Morgan fingerprint density at radius 3 is 2.83 bits per heavy atom. The van der Waals surface area contributed by atoms with Crippen LogP contribution in [-0.4, -0.2) is 16.5 Å². The zero-order valence-electron chi connectivity index (χ0n) is 9.33. The molecule has 2 aromatic carbocycles. The van der Waals surface area contributed by atoms with E-state index in [1.54, 1.807) is 36.4 Å². The van der Waals surface area contributed by atoms with Gasteiger partial charge in [-0.05, 0) is 30.3 Å². The van der Waals surface area contributed by atoms with Gasteiger partial charge in [-0.15, -0.1) is 0 Å². The second-order valence-electron chi connectivity index (χ2n) is 3.95. The molecule has 0 aliphatic carbocycles. The van der Waals surface area contributed by atoms with Crippen molar-refractivity contribution in [2.24, 2.45) is 0 Å². The van der Waals surface area contributed by atoms with Crippen molar-refractivity contribution >= 4 is 17.3 Å². The molecule has 18 heavy (non-hydrogen) atoms. The van der Waals surface area contributed by atoms with E-state index < -0.39 is 0 Å². The topological polar surface area (TPSA) is 63.3 Å². The van der Waals surface area contributed by atoms with Crippen LogP contribution in [0.4, 0.5) is 0 Å². The van der Waals surface area contributed by atoms with E-state index in [1.165, 1.54) is 0 Å². The van der Waals surface area contributed by atoms with Crippen molar-refractivity contribution in [3.8, 4) is 17.0 Å². The van der Waals surface area contributed by atoms with Gasteiger partial charge in [0.05, 0.1) is 5.39 Å². The van der Waals surface area contributed by atoms with Crippen LogP contribution >= 0.6 is 0 Å². The largest absolute Gasteiger partial charge is 0.508 e. The number of carbonyl (C=O) groups excluding carboxylic acids is 1. The molecule has 1 aromatic heterocycles. The summed E-state index contributed by atoms with van der Waals surface area (Å²) in [6.07, 6.45) is 0.776. The molecule has 0 saturated carbocycles. The predicted molar refractivity (Wildman–Crippen MR) is 66.5 cm³/mol. The van der Waals surface area contributed by atoms with Crippen LogP contribution < -0.4 is 0 Å². The number of phenolic OH excluding ortho intramolecular Hbond substituents is 1. The highest BCUT2D eigenvalue weighted by Gasteiger charge is 2.11. The molecule has 4 nitrogen and oxygen atoms in total. The fourth-order valence-electron chi connectivity index (χ4n) is 1.89. The molecule has 0 unspecified atom stereocenters. The Bertz CT molecular complexity index is 731. The third kappa shape index (κ3) is 1.64. The first-order chi connectivity index (χ1) is 8.78. The zero-order chi connectivity index (χ0) is 12.5. The average molecular weight is 239 g/mol. The quantitative estimate of drug-likeness (QED) is 0.698. The maximum Gasteiger partial charge on any atom is 0.167 e. The van der Waals surface area contributed by atoms with Gasteiger partial charge in [-0.2, -0.15) is 0 Å². The lowest BCUT2D eigenvalue weighted by atomic mass is 10.1. The number of aromatic hydroxyl groups is 1. The summed E-state index contributed by atoms with van der Waals surface area (Å²) in [4.78, 5) is 10.8. The Labute approximate surface area is 102 Å². The number of benzene rings is 2. The van der Waals surface area contributed by atoms with Crippen molar-refractivity contribution in [2.45, 2.75) is 0 Å². The fourth-order valence-corrected chi connectivity index (χ4v) is 1.89. The lowest BCUT2D eigenvalue weighted by molar-refractivity contribution is 0.112. The first-order valence-electron chi connectivity index (χ1n) is 5.42.